The predicted octanol–water partition coefficient (Wildman–Crippen LogP) is 2.92. The van der Waals surface area contributed by atoms with Crippen LogP contribution in [0.2, 0.25) is 0 Å². The Kier molecular flexibility index (Phi) is 4.27. The minimum atomic E-state index is -0.507. The van der Waals surface area contributed by atoms with Crippen molar-refractivity contribution in [1.29, 1.82) is 0 Å². The molecule has 2 atom stereocenters. The smallest absolute Gasteiger partial charge is 0.242 e. The van der Waals surface area contributed by atoms with E-state index in [-0.39, 0.29) is 11.8 Å². The van der Waals surface area contributed by atoms with Gasteiger partial charge in [-0.3, -0.25) is 9.59 Å². The summed E-state index contributed by atoms with van der Waals surface area (Å²) in [6.45, 7) is 3.78. The van der Waals surface area contributed by atoms with Gasteiger partial charge in [0, 0.05) is 25.3 Å². The van der Waals surface area contributed by atoms with Gasteiger partial charge in [-0.25, -0.2) is 0 Å². The van der Waals surface area contributed by atoms with Crippen LogP contribution < -0.4 is 10.6 Å². The summed E-state index contributed by atoms with van der Waals surface area (Å²) >= 11 is 0. The number of benzene rings is 2. The maximum absolute atomic E-state index is 12.3. The maximum atomic E-state index is 12.3. The Morgan fingerprint density at radius 3 is 2.08 bits per heavy atom. The summed E-state index contributed by atoms with van der Waals surface area (Å²) in [6, 6.07) is 16.9. The molecule has 2 amide bonds. The largest absolute Gasteiger partial charge is 0.354 e. The summed E-state index contributed by atoms with van der Waals surface area (Å²) in [4.78, 5) is 23.4. The topological polar surface area (TPSA) is 58.2 Å². The van der Waals surface area contributed by atoms with Gasteiger partial charge >= 0.3 is 0 Å². The van der Waals surface area contributed by atoms with E-state index in [1.807, 2.05) is 0 Å². The molecule has 0 spiro atoms. The highest BCUT2D eigenvalue weighted by Gasteiger charge is 2.42. The van der Waals surface area contributed by atoms with Gasteiger partial charge in [-0.15, -0.1) is 0 Å². The molecule has 4 nitrogen and oxygen atoms in total. The molecule has 5 rings (SSSR count). The van der Waals surface area contributed by atoms with Crippen molar-refractivity contribution >= 4 is 11.8 Å². The second-order valence-corrected chi connectivity index (χ2v) is 7.45. The number of hydrogen-bond acceptors (Lipinski definition) is 2. The summed E-state index contributed by atoms with van der Waals surface area (Å²) in [6.07, 6.45) is 1.05. The van der Waals surface area contributed by atoms with Crippen LogP contribution in [0.1, 0.15) is 54.4 Å². The van der Waals surface area contributed by atoms with Gasteiger partial charge in [0.25, 0.3) is 0 Å². The number of amides is 2. The lowest BCUT2D eigenvalue weighted by Gasteiger charge is -2.45. The van der Waals surface area contributed by atoms with E-state index in [2.05, 4.69) is 59.2 Å². The molecule has 2 aromatic carbocycles. The number of hydrogen-bond donors (Lipinski definition) is 2. The SMILES string of the molecule is CC(=O)N[C@@H](C)C(=O)NC[C@H]1CC2c3ccccc3C1c1ccccc12. The number of nitrogens with one attached hydrogen (secondary N) is 2. The Morgan fingerprint density at radius 2 is 1.54 bits per heavy atom. The fourth-order valence-electron chi connectivity index (χ4n) is 4.72. The van der Waals surface area contributed by atoms with Crippen molar-refractivity contribution in [3.8, 4) is 0 Å². The Hall–Kier alpha value is -2.62. The monoisotopic (exact) mass is 348 g/mol. The van der Waals surface area contributed by atoms with E-state index in [4.69, 9.17) is 0 Å². The molecule has 0 fully saturated rings. The highest BCUT2D eigenvalue weighted by Crippen LogP contribution is 2.55. The van der Waals surface area contributed by atoms with E-state index in [9.17, 15) is 9.59 Å². The molecule has 0 aliphatic heterocycles. The molecule has 3 aliphatic rings. The maximum Gasteiger partial charge on any atom is 0.242 e. The van der Waals surface area contributed by atoms with Crippen molar-refractivity contribution < 1.29 is 9.59 Å². The van der Waals surface area contributed by atoms with Crippen molar-refractivity contribution in [3.63, 3.8) is 0 Å². The molecule has 0 unspecified atom stereocenters. The fourth-order valence-corrected chi connectivity index (χ4v) is 4.72. The van der Waals surface area contributed by atoms with Gasteiger partial charge in [0.2, 0.25) is 11.8 Å². The standard InChI is InChI=1S/C22H24N2O2/c1-13(24-14(2)25)22(26)23-12-15-11-20-16-7-3-5-9-18(16)21(15)19-10-6-4-8-17(19)20/h3-10,13,15,20-21H,11-12H2,1-2H3,(H,23,26)(H,24,25)/t13-,15+,20?,21?/m0/s1. The fraction of sp³-hybridized carbons (Fsp3) is 0.364. The van der Waals surface area contributed by atoms with Gasteiger partial charge in [0.15, 0.2) is 0 Å². The highest BCUT2D eigenvalue weighted by molar-refractivity contribution is 5.86. The lowest BCUT2D eigenvalue weighted by Crippen LogP contribution is -2.47. The Labute approximate surface area is 154 Å². The Bertz CT molecular complexity index is 813. The van der Waals surface area contributed by atoms with E-state index >= 15 is 0 Å². The van der Waals surface area contributed by atoms with Gasteiger partial charge in [0.05, 0.1) is 0 Å². The molecule has 2 N–H and O–H groups in total. The molecule has 134 valence electrons. The van der Waals surface area contributed by atoms with Crippen LogP contribution in [0.4, 0.5) is 0 Å². The minimum absolute atomic E-state index is 0.122. The number of fused-ring (bicyclic) bond motifs is 1. The Balaban J connectivity index is 1.57. The van der Waals surface area contributed by atoms with E-state index in [0.29, 0.717) is 24.3 Å². The summed E-state index contributed by atoms with van der Waals surface area (Å²) in [5.41, 5.74) is 5.67. The second kappa shape index (κ2) is 6.60. The van der Waals surface area contributed by atoms with E-state index in [0.717, 1.165) is 6.42 Å². The third-order valence-electron chi connectivity index (χ3n) is 5.77. The van der Waals surface area contributed by atoms with Crippen molar-refractivity contribution in [2.75, 3.05) is 6.54 Å². The molecule has 0 radical (unpaired) electrons. The average molecular weight is 348 g/mol. The van der Waals surface area contributed by atoms with Crippen LogP contribution in [0.5, 0.6) is 0 Å². The molecule has 0 heterocycles. The molecule has 3 aliphatic carbocycles. The summed E-state index contributed by atoms with van der Waals surface area (Å²) in [5, 5.41) is 5.69. The van der Waals surface area contributed by atoms with E-state index < -0.39 is 6.04 Å². The van der Waals surface area contributed by atoms with Gasteiger partial charge in [-0.05, 0) is 41.5 Å². The average Bonchev–Trinajstić information content (AvgIpc) is 2.65. The summed E-state index contributed by atoms with van der Waals surface area (Å²) in [7, 11) is 0. The lowest BCUT2D eigenvalue weighted by molar-refractivity contribution is -0.127. The zero-order valence-electron chi connectivity index (χ0n) is 15.2. The van der Waals surface area contributed by atoms with Crippen LogP contribution in [-0.2, 0) is 9.59 Å². The van der Waals surface area contributed by atoms with E-state index in [1.54, 1.807) is 6.92 Å². The van der Waals surface area contributed by atoms with Crippen molar-refractivity contribution in [2.45, 2.75) is 38.1 Å². The molecule has 2 bridgehead atoms. The quantitative estimate of drug-likeness (QED) is 0.892. The van der Waals surface area contributed by atoms with Crippen LogP contribution in [0, 0.1) is 5.92 Å². The van der Waals surface area contributed by atoms with Crippen LogP contribution in [-0.4, -0.2) is 24.4 Å². The second-order valence-electron chi connectivity index (χ2n) is 7.45. The molecule has 0 saturated heterocycles. The van der Waals surface area contributed by atoms with Crippen LogP contribution >= 0.6 is 0 Å². The third kappa shape index (κ3) is 2.79. The van der Waals surface area contributed by atoms with Gasteiger partial charge < -0.3 is 10.6 Å². The molecular formula is C22H24N2O2. The predicted molar refractivity (Wildman–Crippen MR) is 101 cm³/mol. The van der Waals surface area contributed by atoms with Crippen LogP contribution in [0.15, 0.2) is 48.5 Å². The van der Waals surface area contributed by atoms with Crippen molar-refractivity contribution in [1.82, 2.24) is 10.6 Å². The molecule has 26 heavy (non-hydrogen) atoms. The minimum Gasteiger partial charge on any atom is -0.354 e. The summed E-state index contributed by atoms with van der Waals surface area (Å²) < 4.78 is 0. The number of carbonyl (C=O) groups is 2. The highest BCUT2D eigenvalue weighted by atomic mass is 16.2. The zero-order chi connectivity index (χ0) is 18.3. The first-order chi connectivity index (χ1) is 12.6. The van der Waals surface area contributed by atoms with Gasteiger partial charge in [-0.1, -0.05) is 48.5 Å². The van der Waals surface area contributed by atoms with Crippen LogP contribution in [0.3, 0.4) is 0 Å². The van der Waals surface area contributed by atoms with Gasteiger partial charge in [0.1, 0.15) is 6.04 Å². The summed E-state index contributed by atoms with van der Waals surface area (Å²) in [5.74, 6) is 0.791. The molecule has 2 aromatic rings. The van der Waals surface area contributed by atoms with Crippen LogP contribution in [0.25, 0.3) is 0 Å². The molecule has 0 saturated carbocycles. The Morgan fingerprint density at radius 1 is 1.00 bits per heavy atom. The number of rotatable bonds is 4. The van der Waals surface area contributed by atoms with Crippen molar-refractivity contribution in [3.05, 3.63) is 70.8 Å². The normalized spacial score (nSPS) is 23.5. The van der Waals surface area contributed by atoms with E-state index in [1.165, 1.54) is 29.2 Å². The molecular weight excluding hydrogens is 324 g/mol. The third-order valence-corrected chi connectivity index (χ3v) is 5.77. The lowest BCUT2D eigenvalue weighted by atomic mass is 9.59. The first kappa shape index (κ1) is 16.8. The number of carbonyl (C=O) groups excluding carboxylic acids is 2. The molecule has 4 heteroatoms. The van der Waals surface area contributed by atoms with Crippen molar-refractivity contribution in [2.24, 2.45) is 5.92 Å². The van der Waals surface area contributed by atoms with Gasteiger partial charge in [-0.2, -0.15) is 0 Å². The molecule has 0 aromatic heterocycles. The first-order valence-electron chi connectivity index (χ1n) is 9.28. The zero-order valence-corrected chi connectivity index (χ0v) is 15.2. The first-order valence-corrected chi connectivity index (χ1v) is 9.28.